The molecule has 128 valence electrons. The van der Waals surface area contributed by atoms with Gasteiger partial charge in [0, 0.05) is 5.69 Å². The molecule has 1 saturated heterocycles. The Morgan fingerprint density at radius 3 is 2.62 bits per heavy atom. The van der Waals surface area contributed by atoms with Gasteiger partial charge in [-0.05, 0) is 42.5 Å². The molecule has 0 spiro atoms. The van der Waals surface area contributed by atoms with Gasteiger partial charge in [-0.2, -0.15) is 0 Å². The number of carboxylic acids is 1. The molecule has 1 aliphatic rings. The normalized spacial score (nSPS) is 18.2. The van der Waals surface area contributed by atoms with Crippen LogP contribution in [-0.4, -0.2) is 32.2 Å². The van der Waals surface area contributed by atoms with Crippen LogP contribution in [0.2, 0.25) is 0 Å². The van der Waals surface area contributed by atoms with Crippen LogP contribution in [0.3, 0.4) is 0 Å². The molecule has 1 unspecified atom stereocenters. The van der Waals surface area contributed by atoms with Crippen LogP contribution in [0.5, 0.6) is 0 Å². The van der Waals surface area contributed by atoms with E-state index in [2.05, 4.69) is 0 Å². The van der Waals surface area contributed by atoms with Crippen molar-refractivity contribution in [3.63, 3.8) is 0 Å². The van der Waals surface area contributed by atoms with Crippen molar-refractivity contribution in [3.05, 3.63) is 34.7 Å². The number of nitrogens with zero attached hydrogens (tertiary/aromatic N) is 1. The number of nitrogen functional groups attached to an aromatic ring is 1. The van der Waals surface area contributed by atoms with Crippen molar-refractivity contribution < 1.29 is 14.7 Å². The number of rotatable bonds is 5. The number of anilines is 1. The third-order valence-electron chi connectivity index (χ3n) is 3.75. The molecule has 1 aliphatic heterocycles. The maximum atomic E-state index is 12.8. The first-order chi connectivity index (χ1) is 11.2. The minimum atomic E-state index is -1.04. The highest BCUT2D eigenvalue weighted by Crippen LogP contribution is 2.38. The summed E-state index contributed by atoms with van der Waals surface area (Å²) in [6.07, 6.45) is 0.354. The highest BCUT2D eigenvalue weighted by molar-refractivity contribution is 8.26. The van der Waals surface area contributed by atoms with Gasteiger partial charge < -0.3 is 10.8 Å². The standard InChI is InChI=1S/C17H20N2O3S2/c1-9(2)7-13(16(21)22)19-15(20)14(24-17(19)23)10(3)11-5-4-6-12(18)8-11/h4-6,8-9,13H,7,18H2,1-3H3,(H,21,22)/b14-10-. The molecule has 1 amide bonds. The minimum Gasteiger partial charge on any atom is -0.480 e. The van der Waals surface area contributed by atoms with Gasteiger partial charge in [0.2, 0.25) is 0 Å². The number of hydrogen-bond donors (Lipinski definition) is 2. The zero-order chi connectivity index (χ0) is 18.0. The highest BCUT2D eigenvalue weighted by atomic mass is 32.2. The van der Waals surface area contributed by atoms with Crippen LogP contribution >= 0.6 is 24.0 Å². The van der Waals surface area contributed by atoms with E-state index in [0.29, 0.717) is 17.0 Å². The van der Waals surface area contributed by atoms with Crippen molar-refractivity contribution >= 4 is 51.4 Å². The second-order valence-electron chi connectivity index (χ2n) is 6.11. The quantitative estimate of drug-likeness (QED) is 0.473. The average Bonchev–Trinajstić information content (AvgIpc) is 2.78. The molecule has 2 rings (SSSR count). The molecule has 1 atom stereocenters. The molecule has 7 heteroatoms. The van der Waals surface area contributed by atoms with Crippen LogP contribution in [0.15, 0.2) is 29.2 Å². The number of amides is 1. The number of carbonyl (C=O) groups excluding carboxylic acids is 1. The van der Waals surface area contributed by atoms with E-state index in [1.54, 1.807) is 12.1 Å². The van der Waals surface area contributed by atoms with Crippen LogP contribution in [0.4, 0.5) is 5.69 Å². The summed E-state index contributed by atoms with van der Waals surface area (Å²) in [7, 11) is 0. The lowest BCUT2D eigenvalue weighted by molar-refractivity contribution is -0.145. The number of hydrogen-bond acceptors (Lipinski definition) is 5. The molecule has 24 heavy (non-hydrogen) atoms. The van der Waals surface area contributed by atoms with Gasteiger partial charge >= 0.3 is 5.97 Å². The number of carbonyl (C=O) groups is 2. The fourth-order valence-corrected chi connectivity index (χ4v) is 3.94. The van der Waals surface area contributed by atoms with Crippen molar-refractivity contribution in [2.45, 2.75) is 33.2 Å². The van der Waals surface area contributed by atoms with Gasteiger partial charge in [0.15, 0.2) is 0 Å². The van der Waals surface area contributed by atoms with Gasteiger partial charge in [-0.1, -0.05) is 50.0 Å². The van der Waals surface area contributed by atoms with Crippen molar-refractivity contribution in [2.24, 2.45) is 5.92 Å². The van der Waals surface area contributed by atoms with Gasteiger partial charge in [0.1, 0.15) is 10.4 Å². The van der Waals surface area contributed by atoms with E-state index < -0.39 is 12.0 Å². The Bertz CT molecular complexity index is 728. The first-order valence-electron chi connectivity index (χ1n) is 7.57. The molecule has 1 aromatic carbocycles. The van der Waals surface area contributed by atoms with Gasteiger partial charge in [-0.15, -0.1) is 0 Å². The topological polar surface area (TPSA) is 83.6 Å². The molecule has 0 radical (unpaired) electrons. The number of thioether (sulfide) groups is 1. The molecular weight excluding hydrogens is 344 g/mol. The number of carboxylic acid groups (broad SMARTS) is 1. The summed E-state index contributed by atoms with van der Waals surface area (Å²) in [5, 5.41) is 9.50. The minimum absolute atomic E-state index is 0.134. The lowest BCUT2D eigenvalue weighted by Gasteiger charge is -2.24. The number of allylic oxidation sites excluding steroid dienone is 1. The summed E-state index contributed by atoms with van der Waals surface area (Å²) >= 11 is 6.43. The zero-order valence-electron chi connectivity index (χ0n) is 13.8. The molecule has 5 nitrogen and oxygen atoms in total. The van der Waals surface area contributed by atoms with E-state index >= 15 is 0 Å². The molecule has 3 N–H and O–H groups in total. The van der Waals surface area contributed by atoms with E-state index in [0.717, 1.165) is 22.9 Å². The molecule has 0 aromatic heterocycles. The fraction of sp³-hybridized carbons (Fsp3) is 0.353. The predicted molar refractivity (Wildman–Crippen MR) is 101 cm³/mol. The molecular formula is C17H20N2O3S2. The second-order valence-corrected chi connectivity index (χ2v) is 7.75. The van der Waals surface area contributed by atoms with Gasteiger partial charge in [-0.25, -0.2) is 4.79 Å². The number of benzene rings is 1. The Balaban J connectivity index is 2.40. The van der Waals surface area contributed by atoms with E-state index in [9.17, 15) is 14.7 Å². The lowest BCUT2D eigenvalue weighted by atomic mass is 10.0. The van der Waals surface area contributed by atoms with Crippen LogP contribution in [0, 0.1) is 5.92 Å². The molecule has 0 saturated carbocycles. The van der Waals surface area contributed by atoms with Crippen molar-refractivity contribution in [1.82, 2.24) is 4.90 Å². The van der Waals surface area contributed by atoms with Crippen LogP contribution in [0.1, 0.15) is 32.8 Å². The highest BCUT2D eigenvalue weighted by Gasteiger charge is 2.41. The monoisotopic (exact) mass is 364 g/mol. The van der Waals surface area contributed by atoms with Crippen molar-refractivity contribution in [3.8, 4) is 0 Å². The second kappa shape index (κ2) is 7.36. The molecule has 1 fully saturated rings. The Hall–Kier alpha value is -1.86. The Morgan fingerprint density at radius 1 is 1.42 bits per heavy atom. The van der Waals surface area contributed by atoms with Crippen LogP contribution < -0.4 is 5.73 Å². The van der Waals surface area contributed by atoms with Crippen LogP contribution in [-0.2, 0) is 9.59 Å². The Morgan fingerprint density at radius 2 is 2.08 bits per heavy atom. The van der Waals surface area contributed by atoms with E-state index in [-0.39, 0.29) is 16.1 Å². The summed E-state index contributed by atoms with van der Waals surface area (Å²) in [5.74, 6) is -1.25. The zero-order valence-corrected chi connectivity index (χ0v) is 15.4. The van der Waals surface area contributed by atoms with Crippen LogP contribution in [0.25, 0.3) is 5.57 Å². The summed E-state index contributed by atoms with van der Waals surface area (Å²) < 4.78 is 0.284. The largest absolute Gasteiger partial charge is 0.480 e. The van der Waals surface area contributed by atoms with E-state index in [1.807, 2.05) is 32.9 Å². The SMILES string of the molecule is C/C(=C1/SC(=S)N(C(CC(C)C)C(=O)O)C1=O)c1cccc(N)c1. The molecule has 0 aliphatic carbocycles. The maximum absolute atomic E-state index is 12.8. The third kappa shape index (κ3) is 3.79. The predicted octanol–water partition coefficient (Wildman–Crippen LogP) is 3.36. The van der Waals surface area contributed by atoms with Gasteiger partial charge in [-0.3, -0.25) is 9.69 Å². The average molecular weight is 364 g/mol. The fourth-order valence-electron chi connectivity index (χ4n) is 2.54. The van der Waals surface area contributed by atoms with E-state index in [4.69, 9.17) is 18.0 Å². The summed E-state index contributed by atoms with van der Waals surface area (Å²) in [6, 6.07) is 6.29. The Kier molecular flexibility index (Phi) is 5.66. The molecule has 0 bridgehead atoms. The van der Waals surface area contributed by atoms with Crippen molar-refractivity contribution in [1.29, 1.82) is 0 Å². The summed E-state index contributed by atoms with van der Waals surface area (Å²) in [6.45, 7) is 5.65. The summed E-state index contributed by atoms with van der Waals surface area (Å²) in [5.41, 5.74) is 7.97. The first kappa shape index (κ1) is 18.5. The van der Waals surface area contributed by atoms with E-state index in [1.165, 1.54) is 4.90 Å². The van der Waals surface area contributed by atoms with Gasteiger partial charge in [0.25, 0.3) is 5.91 Å². The number of aliphatic carboxylic acids is 1. The molecule has 1 aromatic rings. The smallest absolute Gasteiger partial charge is 0.326 e. The van der Waals surface area contributed by atoms with Gasteiger partial charge in [0.05, 0.1) is 4.91 Å². The number of thiocarbonyl (C=S) groups is 1. The first-order valence-corrected chi connectivity index (χ1v) is 8.79. The molecule has 1 heterocycles. The Labute approximate surface area is 150 Å². The lowest BCUT2D eigenvalue weighted by Crippen LogP contribution is -2.44. The van der Waals surface area contributed by atoms with Crippen molar-refractivity contribution in [2.75, 3.05) is 5.73 Å². The maximum Gasteiger partial charge on any atom is 0.326 e. The summed E-state index contributed by atoms with van der Waals surface area (Å²) in [4.78, 5) is 26.1. The third-order valence-corrected chi connectivity index (χ3v) is 5.25. The number of nitrogens with two attached hydrogens (primary N) is 1.